The number of aryl methyl sites for hydroxylation is 1. The molecular formula is C19H23FN4O. The predicted molar refractivity (Wildman–Crippen MR) is 94.8 cm³/mol. The van der Waals surface area contributed by atoms with Crippen molar-refractivity contribution < 1.29 is 9.18 Å². The van der Waals surface area contributed by atoms with E-state index in [1.807, 2.05) is 13.0 Å². The number of rotatable bonds is 5. The zero-order chi connectivity index (χ0) is 17.6. The molecule has 1 aromatic heterocycles. The molecule has 2 heterocycles. The smallest absolute Gasteiger partial charge is 0.225 e. The molecule has 5 nitrogen and oxygen atoms in total. The van der Waals surface area contributed by atoms with Crippen LogP contribution in [0.5, 0.6) is 0 Å². The molecule has 6 heteroatoms. The van der Waals surface area contributed by atoms with Gasteiger partial charge < -0.3 is 10.2 Å². The van der Waals surface area contributed by atoms with Gasteiger partial charge in [-0.1, -0.05) is 12.1 Å². The van der Waals surface area contributed by atoms with E-state index in [2.05, 4.69) is 20.2 Å². The van der Waals surface area contributed by atoms with Gasteiger partial charge in [-0.3, -0.25) is 4.79 Å². The maximum Gasteiger partial charge on any atom is 0.225 e. The molecule has 0 saturated carbocycles. The fraction of sp³-hybridized carbons (Fsp3) is 0.421. The van der Waals surface area contributed by atoms with Gasteiger partial charge in [0.05, 0.1) is 5.92 Å². The first-order chi connectivity index (χ1) is 12.1. The van der Waals surface area contributed by atoms with Gasteiger partial charge in [-0.05, 0) is 49.9 Å². The van der Waals surface area contributed by atoms with Crippen molar-refractivity contribution in [1.29, 1.82) is 0 Å². The summed E-state index contributed by atoms with van der Waals surface area (Å²) in [6.07, 6.45) is 4.28. The molecule has 2 aromatic rings. The van der Waals surface area contributed by atoms with Gasteiger partial charge in [0.2, 0.25) is 11.9 Å². The summed E-state index contributed by atoms with van der Waals surface area (Å²) >= 11 is 0. The molecule has 0 unspecified atom stereocenters. The Labute approximate surface area is 147 Å². The number of benzene rings is 1. The number of amides is 1. The van der Waals surface area contributed by atoms with Gasteiger partial charge in [-0.25, -0.2) is 14.4 Å². The third-order valence-electron chi connectivity index (χ3n) is 4.48. The Hall–Kier alpha value is -2.50. The van der Waals surface area contributed by atoms with E-state index in [0.29, 0.717) is 25.5 Å². The van der Waals surface area contributed by atoms with Crippen LogP contribution in [-0.4, -0.2) is 35.5 Å². The molecule has 1 amide bonds. The molecule has 0 radical (unpaired) electrons. The quantitative estimate of drug-likeness (QED) is 0.907. The number of hydrogen-bond acceptors (Lipinski definition) is 4. The second-order valence-corrected chi connectivity index (χ2v) is 6.45. The number of anilines is 1. The fourth-order valence-electron chi connectivity index (χ4n) is 3.09. The molecule has 1 aliphatic heterocycles. The molecule has 132 valence electrons. The molecule has 0 bridgehead atoms. The highest BCUT2D eigenvalue weighted by molar-refractivity contribution is 5.79. The Morgan fingerprint density at radius 2 is 2.12 bits per heavy atom. The van der Waals surface area contributed by atoms with Crippen molar-refractivity contribution in [3.05, 3.63) is 53.6 Å². The summed E-state index contributed by atoms with van der Waals surface area (Å²) < 4.78 is 12.9. The van der Waals surface area contributed by atoms with Crippen LogP contribution in [0.15, 0.2) is 36.5 Å². The Morgan fingerprint density at radius 1 is 1.32 bits per heavy atom. The number of halogens is 1. The van der Waals surface area contributed by atoms with Crippen LogP contribution in [0.2, 0.25) is 0 Å². The zero-order valence-electron chi connectivity index (χ0n) is 14.4. The topological polar surface area (TPSA) is 58.1 Å². The fourth-order valence-corrected chi connectivity index (χ4v) is 3.09. The number of hydrogen-bond donors (Lipinski definition) is 1. The van der Waals surface area contributed by atoms with Crippen LogP contribution < -0.4 is 10.2 Å². The average molecular weight is 342 g/mol. The van der Waals surface area contributed by atoms with Gasteiger partial charge in [-0.15, -0.1) is 0 Å². The highest BCUT2D eigenvalue weighted by Crippen LogP contribution is 2.20. The summed E-state index contributed by atoms with van der Waals surface area (Å²) in [5, 5.41) is 3.00. The number of carbonyl (C=O) groups excluding carboxylic acids is 1. The lowest BCUT2D eigenvalue weighted by Gasteiger charge is -2.32. The van der Waals surface area contributed by atoms with Crippen molar-refractivity contribution >= 4 is 11.9 Å². The van der Waals surface area contributed by atoms with Gasteiger partial charge in [0, 0.05) is 31.5 Å². The Balaban J connectivity index is 1.50. The van der Waals surface area contributed by atoms with Crippen molar-refractivity contribution in [3.63, 3.8) is 0 Å². The first-order valence-electron chi connectivity index (χ1n) is 8.68. The predicted octanol–water partition coefficient (Wildman–Crippen LogP) is 2.50. The minimum atomic E-state index is -0.242. The SMILES string of the molecule is Cc1ccnc(N2CCC[C@@H](C(=O)NCCc3ccc(F)cc3)C2)n1. The van der Waals surface area contributed by atoms with Gasteiger partial charge in [-0.2, -0.15) is 0 Å². The number of nitrogens with one attached hydrogen (secondary N) is 1. The van der Waals surface area contributed by atoms with Crippen LogP contribution in [0.1, 0.15) is 24.1 Å². The highest BCUT2D eigenvalue weighted by Gasteiger charge is 2.26. The van der Waals surface area contributed by atoms with Gasteiger partial charge >= 0.3 is 0 Å². The maximum atomic E-state index is 12.9. The zero-order valence-corrected chi connectivity index (χ0v) is 14.4. The molecular weight excluding hydrogens is 319 g/mol. The van der Waals surface area contributed by atoms with Gasteiger partial charge in [0.1, 0.15) is 5.82 Å². The van der Waals surface area contributed by atoms with Crippen molar-refractivity contribution in [1.82, 2.24) is 15.3 Å². The van der Waals surface area contributed by atoms with E-state index < -0.39 is 0 Å². The second-order valence-electron chi connectivity index (χ2n) is 6.45. The van der Waals surface area contributed by atoms with E-state index in [1.165, 1.54) is 12.1 Å². The molecule has 1 aliphatic rings. The summed E-state index contributed by atoms with van der Waals surface area (Å²) in [7, 11) is 0. The first-order valence-corrected chi connectivity index (χ1v) is 8.68. The molecule has 1 aromatic carbocycles. The van der Waals surface area contributed by atoms with Crippen LogP contribution in [0.4, 0.5) is 10.3 Å². The Bertz CT molecular complexity index is 720. The van der Waals surface area contributed by atoms with Gasteiger partial charge in [0.15, 0.2) is 0 Å². The molecule has 1 saturated heterocycles. The molecule has 0 aliphatic carbocycles. The van der Waals surface area contributed by atoms with Crippen LogP contribution in [0.3, 0.4) is 0 Å². The molecule has 0 spiro atoms. The van der Waals surface area contributed by atoms with Crippen molar-refractivity contribution in [3.8, 4) is 0 Å². The second kappa shape index (κ2) is 8.05. The molecule has 25 heavy (non-hydrogen) atoms. The standard InChI is InChI=1S/C19H23FN4O/c1-14-8-10-22-19(23-14)24-12-2-3-16(13-24)18(25)21-11-9-15-4-6-17(20)7-5-15/h4-8,10,16H,2-3,9,11-13H2,1H3,(H,21,25)/t16-/m1/s1. The lowest BCUT2D eigenvalue weighted by atomic mass is 9.97. The van der Waals surface area contributed by atoms with E-state index >= 15 is 0 Å². The number of nitrogens with zero attached hydrogens (tertiary/aromatic N) is 3. The van der Waals surface area contributed by atoms with Crippen molar-refractivity contribution in [2.75, 3.05) is 24.5 Å². The maximum absolute atomic E-state index is 12.9. The van der Waals surface area contributed by atoms with Gasteiger partial charge in [0.25, 0.3) is 0 Å². The van der Waals surface area contributed by atoms with E-state index in [4.69, 9.17) is 0 Å². The summed E-state index contributed by atoms with van der Waals surface area (Å²) in [5.74, 6) is 0.475. The van der Waals surface area contributed by atoms with Crippen LogP contribution in [0, 0.1) is 18.7 Å². The van der Waals surface area contributed by atoms with Crippen LogP contribution in [0.25, 0.3) is 0 Å². The molecule has 1 fully saturated rings. The minimum absolute atomic E-state index is 0.0499. The van der Waals surface area contributed by atoms with Crippen LogP contribution in [-0.2, 0) is 11.2 Å². The van der Waals surface area contributed by atoms with Crippen molar-refractivity contribution in [2.24, 2.45) is 5.92 Å². The van der Waals surface area contributed by atoms with E-state index in [9.17, 15) is 9.18 Å². The van der Waals surface area contributed by atoms with E-state index in [0.717, 1.165) is 30.6 Å². The van der Waals surface area contributed by atoms with E-state index in [1.54, 1.807) is 18.3 Å². The molecule has 3 rings (SSSR count). The number of piperidine rings is 1. The summed E-state index contributed by atoms with van der Waals surface area (Å²) in [6, 6.07) is 8.25. The largest absolute Gasteiger partial charge is 0.355 e. The summed E-state index contributed by atoms with van der Waals surface area (Å²) in [6.45, 7) is 4.02. The summed E-state index contributed by atoms with van der Waals surface area (Å²) in [4.78, 5) is 23.3. The molecule has 1 atom stereocenters. The first kappa shape index (κ1) is 17.3. The van der Waals surface area contributed by atoms with Crippen LogP contribution >= 0.6 is 0 Å². The van der Waals surface area contributed by atoms with Crippen molar-refractivity contribution in [2.45, 2.75) is 26.2 Å². The normalized spacial score (nSPS) is 17.4. The number of carbonyl (C=O) groups is 1. The Kier molecular flexibility index (Phi) is 5.58. The van der Waals surface area contributed by atoms with E-state index in [-0.39, 0.29) is 17.6 Å². The highest BCUT2D eigenvalue weighted by atomic mass is 19.1. The monoisotopic (exact) mass is 342 g/mol. The Morgan fingerprint density at radius 3 is 2.88 bits per heavy atom. The third kappa shape index (κ3) is 4.75. The lowest BCUT2D eigenvalue weighted by Crippen LogP contribution is -2.44. The molecule has 1 N–H and O–H groups in total. The average Bonchev–Trinajstić information content (AvgIpc) is 2.63. The third-order valence-corrected chi connectivity index (χ3v) is 4.48. The minimum Gasteiger partial charge on any atom is -0.355 e. The number of aromatic nitrogens is 2. The summed E-state index contributed by atoms with van der Waals surface area (Å²) in [5.41, 5.74) is 1.94. The lowest BCUT2D eigenvalue weighted by molar-refractivity contribution is -0.125.